The predicted octanol–water partition coefficient (Wildman–Crippen LogP) is 4.37. The highest BCUT2D eigenvalue weighted by Gasteiger charge is 2.34. The van der Waals surface area contributed by atoms with E-state index in [-0.39, 0.29) is 11.3 Å². The summed E-state index contributed by atoms with van der Waals surface area (Å²) >= 11 is 0. The molecule has 0 saturated carbocycles. The molecule has 0 N–H and O–H groups in total. The summed E-state index contributed by atoms with van der Waals surface area (Å²) in [6, 6.07) is 21.0. The Kier molecular flexibility index (Phi) is 5.97. The zero-order chi connectivity index (χ0) is 22.8. The van der Waals surface area contributed by atoms with Crippen molar-refractivity contribution >= 4 is 11.9 Å². The van der Waals surface area contributed by atoms with Crippen LogP contribution < -0.4 is 10.3 Å². The van der Waals surface area contributed by atoms with E-state index in [0.29, 0.717) is 17.4 Å². The van der Waals surface area contributed by atoms with E-state index >= 15 is 0 Å². The van der Waals surface area contributed by atoms with Crippen LogP contribution in [0.2, 0.25) is 0 Å². The highest BCUT2D eigenvalue weighted by atomic mass is 16.5. The summed E-state index contributed by atoms with van der Waals surface area (Å²) in [6.45, 7) is 3.47. The summed E-state index contributed by atoms with van der Waals surface area (Å²) in [6.07, 6.45) is 4.63. The summed E-state index contributed by atoms with van der Waals surface area (Å²) in [5.74, 6) is 1.71. The fourth-order valence-corrected chi connectivity index (χ4v) is 5.26. The van der Waals surface area contributed by atoms with Gasteiger partial charge >= 0.3 is 0 Å². The van der Waals surface area contributed by atoms with Crippen LogP contribution in [0.1, 0.15) is 39.5 Å². The number of piperidine rings is 1. The van der Waals surface area contributed by atoms with Crippen molar-refractivity contribution in [3.63, 3.8) is 0 Å². The van der Waals surface area contributed by atoms with E-state index in [1.54, 1.807) is 19.3 Å². The molecule has 3 heterocycles. The molecule has 3 aromatic rings. The molecule has 0 spiro atoms. The van der Waals surface area contributed by atoms with Crippen LogP contribution in [-0.2, 0) is 13.1 Å². The Morgan fingerprint density at radius 3 is 2.70 bits per heavy atom. The number of carbonyl (C=O) groups excluding carboxylic acids is 1. The molecule has 0 aliphatic carbocycles. The molecule has 0 amide bonds. The molecule has 5 heteroatoms. The first kappa shape index (κ1) is 21.4. The lowest BCUT2D eigenvalue weighted by Crippen LogP contribution is -2.46. The second kappa shape index (κ2) is 9.20. The summed E-state index contributed by atoms with van der Waals surface area (Å²) in [5, 5.41) is 0. The molecular weight excluding hydrogens is 412 g/mol. The molecule has 2 aromatic carbocycles. The van der Waals surface area contributed by atoms with Crippen LogP contribution in [0.5, 0.6) is 5.75 Å². The smallest absolute Gasteiger partial charge is 0.250 e. The van der Waals surface area contributed by atoms with E-state index in [2.05, 4.69) is 17.0 Å². The average Bonchev–Trinajstić information content (AvgIpc) is 2.84. The van der Waals surface area contributed by atoms with Gasteiger partial charge in [0.05, 0.1) is 7.11 Å². The number of methoxy groups -OCH3 is 1. The Hall–Kier alpha value is -3.44. The molecule has 5 nitrogen and oxygen atoms in total. The van der Waals surface area contributed by atoms with E-state index in [1.807, 2.05) is 59.2 Å². The molecule has 1 fully saturated rings. The molecule has 2 atom stereocenters. The van der Waals surface area contributed by atoms with Gasteiger partial charge in [0, 0.05) is 55.0 Å². The van der Waals surface area contributed by atoms with Crippen molar-refractivity contribution in [3.8, 4) is 5.75 Å². The first-order valence-electron chi connectivity index (χ1n) is 11.5. The number of allylic oxidation sites excluding steroid dienone is 1. The number of aromatic nitrogens is 1. The van der Waals surface area contributed by atoms with E-state index in [0.717, 1.165) is 55.2 Å². The highest BCUT2D eigenvalue weighted by molar-refractivity contribution is 6.06. The number of hydrogen-bond acceptors (Lipinski definition) is 4. The Labute approximate surface area is 193 Å². The maximum Gasteiger partial charge on any atom is 0.250 e. The SMILES string of the molecule is COc1ccc(C=CC(=O)c2ccccc2)cc1CN1CC2C[C@@H](C1)c1cccc(=O)n1C2. The van der Waals surface area contributed by atoms with Crippen LogP contribution in [0.15, 0.2) is 77.6 Å². The van der Waals surface area contributed by atoms with Gasteiger partial charge in [-0.15, -0.1) is 0 Å². The number of nitrogens with zero attached hydrogens (tertiary/aromatic N) is 2. The summed E-state index contributed by atoms with van der Waals surface area (Å²) in [5.41, 5.74) is 4.04. The molecule has 2 aliphatic heterocycles. The van der Waals surface area contributed by atoms with Gasteiger partial charge in [-0.25, -0.2) is 0 Å². The predicted molar refractivity (Wildman–Crippen MR) is 130 cm³/mol. The number of rotatable bonds is 6. The zero-order valence-electron chi connectivity index (χ0n) is 18.8. The van der Waals surface area contributed by atoms with Crippen molar-refractivity contribution in [2.75, 3.05) is 20.2 Å². The van der Waals surface area contributed by atoms with Crippen LogP contribution in [0.4, 0.5) is 0 Å². The first-order chi connectivity index (χ1) is 16.1. The van der Waals surface area contributed by atoms with Crippen molar-refractivity contribution in [2.45, 2.75) is 25.4 Å². The minimum absolute atomic E-state index is 0.00858. The first-order valence-corrected chi connectivity index (χ1v) is 11.5. The highest BCUT2D eigenvalue weighted by Crippen LogP contribution is 2.36. The molecule has 1 unspecified atom stereocenters. The van der Waals surface area contributed by atoms with Crippen molar-refractivity contribution in [3.05, 3.63) is 106 Å². The van der Waals surface area contributed by atoms with Gasteiger partial charge in [-0.05, 0) is 42.2 Å². The topological polar surface area (TPSA) is 51.5 Å². The van der Waals surface area contributed by atoms with Crippen molar-refractivity contribution in [1.82, 2.24) is 9.47 Å². The van der Waals surface area contributed by atoms with Crippen molar-refractivity contribution < 1.29 is 9.53 Å². The van der Waals surface area contributed by atoms with E-state index in [9.17, 15) is 9.59 Å². The molecule has 1 saturated heterocycles. The number of carbonyl (C=O) groups is 1. The van der Waals surface area contributed by atoms with Gasteiger partial charge in [0.25, 0.3) is 5.56 Å². The van der Waals surface area contributed by atoms with Crippen molar-refractivity contribution in [2.24, 2.45) is 5.92 Å². The van der Waals surface area contributed by atoms with Gasteiger partial charge in [-0.2, -0.15) is 0 Å². The van der Waals surface area contributed by atoms with E-state index in [1.165, 1.54) is 0 Å². The maximum atomic E-state index is 12.4. The zero-order valence-corrected chi connectivity index (χ0v) is 18.8. The number of ether oxygens (including phenoxy) is 1. The Morgan fingerprint density at radius 2 is 1.88 bits per heavy atom. The lowest BCUT2D eigenvalue weighted by atomic mass is 9.83. The Balaban J connectivity index is 1.34. The van der Waals surface area contributed by atoms with Gasteiger partial charge in [0.2, 0.25) is 0 Å². The largest absolute Gasteiger partial charge is 0.496 e. The van der Waals surface area contributed by atoms with E-state index < -0.39 is 0 Å². The number of hydrogen-bond donors (Lipinski definition) is 0. The fraction of sp³-hybridized carbons (Fsp3) is 0.286. The van der Waals surface area contributed by atoms with Crippen LogP contribution in [0.25, 0.3) is 6.08 Å². The molecule has 2 bridgehead atoms. The van der Waals surface area contributed by atoms with Gasteiger partial charge in [-0.1, -0.05) is 48.5 Å². The second-order valence-electron chi connectivity index (χ2n) is 9.03. The number of fused-ring (bicyclic) bond motifs is 4. The number of ketones is 1. The third-order valence-corrected chi connectivity index (χ3v) is 6.74. The van der Waals surface area contributed by atoms with Crippen LogP contribution in [0.3, 0.4) is 0 Å². The molecular formula is C28H28N2O3. The quantitative estimate of drug-likeness (QED) is 0.422. The van der Waals surface area contributed by atoms with Crippen molar-refractivity contribution in [1.29, 1.82) is 0 Å². The summed E-state index contributed by atoms with van der Waals surface area (Å²) < 4.78 is 7.60. The molecule has 1 aromatic heterocycles. The molecule has 33 heavy (non-hydrogen) atoms. The summed E-state index contributed by atoms with van der Waals surface area (Å²) in [7, 11) is 1.70. The Bertz CT molecular complexity index is 1250. The van der Waals surface area contributed by atoms with Crippen LogP contribution >= 0.6 is 0 Å². The maximum absolute atomic E-state index is 12.4. The summed E-state index contributed by atoms with van der Waals surface area (Å²) in [4.78, 5) is 27.2. The van der Waals surface area contributed by atoms with Gasteiger partial charge in [-0.3, -0.25) is 14.5 Å². The normalized spacial score (nSPS) is 19.9. The number of likely N-dealkylation sites (tertiary alicyclic amines) is 1. The molecule has 2 aliphatic rings. The molecule has 5 rings (SSSR count). The fourth-order valence-electron chi connectivity index (χ4n) is 5.26. The van der Waals surface area contributed by atoms with Crippen LogP contribution in [0, 0.1) is 5.92 Å². The lowest BCUT2D eigenvalue weighted by Gasteiger charge is -2.43. The van der Waals surface area contributed by atoms with Gasteiger partial charge < -0.3 is 9.30 Å². The van der Waals surface area contributed by atoms with E-state index in [4.69, 9.17) is 4.74 Å². The van der Waals surface area contributed by atoms with Gasteiger partial charge in [0.1, 0.15) is 5.75 Å². The second-order valence-corrected chi connectivity index (χ2v) is 9.03. The average molecular weight is 441 g/mol. The Morgan fingerprint density at radius 1 is 1.03 bits per heavy atom. The molecule has 0 radical (unpaired) electrons. The lowest BCUT2D eigenvalue weighted by molar-refractivity contribution is 0.104. The monoisotopic (exact) mass is 440 g/mol. The number of pyridine rings is 1. The minimum atomic E-state index is -0.00858. The molecule has 168 valence electrons. The third kappa shape index (κ3) is 4.55. The number of benzene rings is 2. The standard InChI is InChI=1S/C28H28N2O3/c1-33-27-13-11-20(10-12-26(31)22-6-3-2-4-7-22)14-24(27)19-29-16-21-15-23(18-29)25-8-5-9-28(32)30(25)17-21/h2-14,21,23H,15-19H2,1H3/t21?,23-/m0/s1. The van der Waals surface area contributed by atoms with Crippen LogP contribution in [-0.4, -0.2) is 35.4 Å². The minimum Gasteiger partial charge on any atom is -0.496 e. The third-order valence-electron chi connectivity index (χ3n) is 6.74. The van der Waals surface area contributed by atoms with Gasteiger partial charge in [0.15, 0.2) is 5.78 Å².